The average Bonchev–Trinajstić information content (AvgIpc) is 3.09. The lowest BCUT2D eigenvalue weighted by Crippen LogP contribution is -2.21. The molecule has 0 aliphatic heterocycles. The summed E-state index contributed by atoms with van der Waals surface area (Å²) in [5, 5.41) is 7.19. The largest absolute Gasteiger partial charge is 0.454 e. The van der Waals surface area contributed by atoms with Gasteiger partial charge in [-0.25, -0.2) is 9.48 Å². The molecule has 1 N–H and O–H groups in total. The predicted molar refractivity (Wildman–Crippen MR) is 121 cm³/mol. The number of carbonyl (C=O) groups is 3. The van der Waals surface area contributed by atoms with Crippen molar-refractivity contribution in [3.8, 4) is 5.69 Å². The first-order chi connectivity index (χ1) is 15.4. The highest BCUT2D eigenvalue weighted by molar-refractivity contribution is 6.33. The standard InChI is InChI=1S/C24H24ClN3O4/c1-16-22(23(25)28(27-16)20-8-4-3-5-9-20)24(31)32-15-21(30)19-12-10-18(11-13-19)7-6-14-26-17(2)29/h3-5,8-13H,6-7,14-15H2,1-2H3,(H,26,29). The van der Waals surface area contributed by atoms with Crippen molar-refractivity contribution in [3.63, 3.8) is 0 Å². The topological polar surface area (TPSA) is 90.3 Å². The number of aryl methyl sites for hydroxylation is 2. The summed E-state index contributed by atoms with van der Waals surface area (Å²) in [6.45, 7) is 3.36. The van der Waals surface area contributed by atoms with Gasteiger partial charge >= 0.3 is 5.97 Å². The van der Waals surface area contributed by atoms with Crippen LogP contribution in [0.5, 0.6) is 0 Å². The minimum absolute atomic E-state index is 0.0515. The second kappa shape index (κ2) is 10.7. The van der Waals surface area contributed by atoms with Crippen LogP contribution in [0.4, 0.5) is 0 Å². The molecule has 1 aromatic heterocycles. The highest BCUT2D eigenvalue weighted by Crippen LogP contribution is 2.24. The highest BCUT2D eigenvalue weighted by atomic mass is 35.5. The third kappa shape index (κ3) is 5.82. The Hall–Kier alpha value is -3.45. The number of halogens is 1. The van der Waals surface area contributed by atoms with Gasteiger partial charge in [-0.2, -0.15) is 5.10 Å². The second-order valence-electron chi connectivity index (χ2n) is 7.28. The van der Waals surface area contributed by atoms with E-state index >= 15 is 0 Å². The summed E-state index contributed by atoms with van der Waals surface area (Å²) >= 11 is 6.37. The SMILES string of the molecule is CC(=O)NCCCc1ccc(C(=O)COC(=O)c2c(C)nn(-c3ccccc3)c2Cl)cc1. The number of hydrogen-bond donors (Lipinski definition) is 1. The number of nitrogens with zero attached hydrogens (tertiary/aromatic N) is 2. The maximum absolute atomic E-state index is 12.6. The van der Waals surface area contributed by atoms with Crippen molar-refractivity contribution < 1.29 is 19.1 Å². The number of ketones is 1. The van der Waals surface area contributed by atoms with Crippen LogP contribution in [0.2, 0.25) is 5.15 Å². The Labute approximate surface area is 191 Å². The molecule has 3 rings (SSSR count). The summed E-state index contributed by atoms with van der Waals surface area (Å²) in [7, 11) is 0. The van der Waals surface area contributed by atoms with Crippen molar-refractivity contribution in [3.05, 3.63) is 82.1 Å². The number of ether oxygens (including phenoxy) is 1. The van der Waals surface area contributed by atoms with Gasteiger partial charge in [-0.15, -0.1) is 0 Å². The van der Waals surface area contributed by atoms with Crippen LogP contribution >= 0.6 is 11.6 Å². The lowest BCUT2D eigenvalue weighted by molar-refractivity contribution is -0.118. The van der Waals surface area contributed by atoms with E-state index < -0.39 is 12.6 Å². The van der Waals surface area contributed by atoms with Crippen LogP contribution in [0, 0.1) is 6.92 Å². The summed E-state index contributed by atoms with van der Waals surface area (Å²) in [5.41, 5.74) is 2.77. The molecule has 0 bridgehead atoms. The Morgan fingerprint density at radius 3 is 2.41 bits per heavy atom. The maximum atomic E-state index is 12.6. The van der Waals surface area contributed by atoms with Gasteiger partial charge in [-0.05, 0) is 37.5 Å². The van der Waals surface area contributed by atoms with Crippen molar-refractivity contribution in [2.75, 3.05) is 13.2 Å². The molecule has 8 heteroatoms. The molecule has 0 fully saturated rings. The van der Waals surface area contributed by atoms with Gasteiger partial charge in [0.1, 0.15) is 10.7 Å². The number of benzene rings is 2. The van der Waals surface area contributed by atoms with E-state index in [9.17, 15) is 14.4 Å². The molecule has 3 aromatic rings. The van der Waals surface area contributed by atoms with Crippen molar-refractivity contribution in [2.24, 2.45) is 0 Å². The Morgan fingerprint density at radius 1 is 1.06 bits per heavy atom. The molecule has 1 amide bonds. The van der Waals surface area contributed by atoms with Crippen LogP contribution in [0.25, 0.3) is 5.69 Å². The van der Waals surface area contributed by atoms with Gasteiger partial charge < -0.3 is 10.1 Å². The van der Waals surface area contributed by atoms with E-state index in [1.54, 1.807) is 19.1 Å². The summed E-state index contributed by atoms with van der Waals surface area (Å²) in [6.07, 6.45) is 1.59. The molecule has 0 saturated carbocycles. The number of hydrogen-bond acceptors (Lipinski definition) is 5. The first-order valence-electron chi connectivity index (χ1n) is 10.2. The Balaban J connectivity index is 1.58. The van der Waals surface area contributed by atoms with Gasteiger partial charge in [0.2, 0.25) is 5.91 Å². The lowest BCUT2D eigenvalue weighted by Gasteiger charge is -2.06. The van der Waals surface area contributed by atoms with Gasteiger partial charge in [0.15, 0.2) is 12.4 Å². The summed E-state index contributed by atoms with van der Waals surface area (Å²) in [5.74, 6) is -1.06. The van der Waals surface area contributed by atoms with Crippen LogP contribution in [-0.4, -0.2) is 40.6 Å². The van der Waals surface area contributed by atoms with E-state index in [1.165, 1.54) is 11.6 Å². The van der Waals surface area contributed by atoms with Crippen LogP contribution in [0.15, 0.2) is 54.6 Å². The first-order valence-corrected chi connectivity index (χ1v) is 10.6. The fourth-order valence-corrected chi connectivity index (χ4v) is 3.52. The molecule has 0 unspecified atom stereocenters. The fourth-order valence-electron chi connectivity index (χ4n) is 3.17. The smallest absolute Gasteiger partial charge is 0.343 e. The zero-order valence-corrected chi connectivity index (χ0v) is 18.7. The van der Waals surface area contributed by atoms with E-state index in [1.807, 2.05) is 42.5 Å². The monoisotopic (exact) mass is 453 g/mol. The number of rotatable bonds is 9. The molecule has 1 heterocycles. The maximum Gasteiger partial charge on any atom is 0.343 e. The summed E-state index contributed by atoms with van der Waals surface area (Å²) in [4.78, 5) is 35.9. The molecule has 166 valence electrons. The van der Waals surface area contributed by atoms with Gasteiger partial charge in [0, 0.05) is 19.0 Å². The van der Waals surface area contributed by atoms with E-state index in [0.29, 0.717) is 23.5 Å². The number of carbonyl (C=O) groups excluding carboxylic acids is 3. The summed E-state index contributed by atoms with van der Waals surface area (Å²) in [6, 6.07) is 16.3. The number of Topliss-reactive ketones (excluding diaryl/α,β-unsaturated/α-hetero) is 1. The molecule has 0 radical (unpaired) electrons. The van der Waals surface area contributed by atoms with Crippen molar-refractivity contribution >= 4 is 29.3 Å². The zero-order chi connectivity index (χ0) is 23.1. The van der Waals surface area contributed by atoms with E-state index in [4.69, 9.17) is 16.3 Å². The average molecular weight is 454 g/mol. The third-order valence-corrected chi connectivity index (χ3v) is 5.18. The molecular weight excluding hydrogens is 430 g/mol. The molecule has 0 aliphatic rings. The molecule has 7 nitrogen and oxygen atoms in total. The van der Waals surface area contributed by atoms with Gasteiger partial charge in [0.25, 0.3) is 0 Å². The summed E-state index contributed by atoms with van der Waals surface area (Å²) < 4.78 is 6.68. The molecule has 0 spiro atoms. The normalized spacial score (nSPS) is 10.6. The van der Waals surface area contributed by atoms with Crippen molar-refractivity contribution in [1.82, 2.24) is 15.1 Å². The Bertz CT molecular complexity index is 1110. The van der Waals surface area contributed by atoms with Crippen molar-refractivity contribution in [2.45, 2.75) is 26.7 Å². The molecule has 0 atom stereocenters. The number of para-hydroxylation sites is 1. The molecule has 0 aliphatic carbocycles. The van der Waals surface area contributed by atoms with E-state index in [0.717, 1.165) is 18.4 Å². The molecule has 32 heavy (non-hydrogen) atoms. The molecular formula is C24H24ClN3O4. The van der Waals surface area contributed by atoms with E-state index in [2.05, 4.69) is 10.4 Å². The van der Waals surface area contributed by atoms with Gasteiger partial charge in [-0.1, -0.05) is 54.1 Å². The zero-order valence-electron chi connectivity index (χ0n) is 17.9. The highest BCUT2D eigenvalue weighted by Gasteiger charge is 2.23. The second-order valence-corrected chi connectivity index (χ2v) is 7.64. The van der Waals surface area contributed by atoms with Crippen LogP contribution in [0.1, 0.15) is 45.3 Å². The molecule has 0 saturated heterocycles. The molecule has 2 aromatic carbocycles. The quantitative estimate of drug-likeness (QED) is 0.301. The van der Waals surface area contributed by atoms with Crippen LogP contribution in [0.3, 0.4) is 0 Å². The Morgan fingerprint density at radius 2 is 1.75 bits per heavy atom. The number of esters is 1. The van der Waals surface area contributed by atoms with Crippen LogP contribution < -0.4 is 5.32 Å². The van der Waals surface area contributed by atoms with Gasteiger partial charge in [0.05, 0.1) is 11.4 Å². The minimum Gasteiger partial charge on any atom is -0.454 e. The van der Waals surface area contributed by atoms with Crippen molar-refractivity contribution in [1.29, 1.82) is 0 Å². The van der Waals surface area contributed by atoms with Crippen LogP contribution in [-0.2, 0) is 16.0 Å². The lowest BCUT2D eigenvalue weighted by atomic mass is 10.1. The number of nitrogens with one attached hydrogen (secondary N) is 1. The first kappa shape index (κ1) is 23.2. The number of amides is 1. The fraction of sp³-hybridized carbons (Fsp3) is 0.250. The minimum atomic E-state index is -0.697. The predicted octanol–water partition coefficient (Wildman–Crippen LogP) is 3.94. The number of aromatic nitrogens is 2. The Kier molecular flexibility index (Phi) is 7.78. The van der Waals surface area contributed by atoms with Gasteiger partial charge in [-0.3, -0.25) is 9.59 Å². The third-order valence-electron chi connectivity index (χ3n) is 4.84. The van der Waals surface area contributed by atoms with E-state index in [-0.39, 0.29) is 22.4 Å².